The average molecular weight is 308 g/mol. The van der Waals surface area contributed by atoms with Crippen LogP contribution in [0.25, 0.3) is 0 Å². The Morgan fingerprint density at radius 1 is 1.47 bits per heavy atom. The molecule has 2 heterocycles. The predicted molar refractivity (Wildman–Crippen MR) is 79.0 cm³/mol. The van der Waals surface area contributed by atoms with Crippen LogP contribution in [0.3, 0.4) is 0 Å². The summed E-state index contributed by atoms with van der Waals surface area (Å²) in [6.45, 7) is 2.41. The number of hydrogen-bond donors (Lipinski definition) is 2. The maximum atomic E-state index is 11.8. The molecule has 0 unspecified atom stereocenters. The van der Waals surface area contributed by atoms with Crippen LogP contribution in [0.4, 0.5) is 5.82 Å². The highest BCUT2D eigenvalue weighted by atomic mass is 35.5. The van der Waals surface area contributed by atoms with Crippen molar-refractivity contribution >= 4 is 36.5 Å². The molecule has 1 amide bonds. The largest absolute Gasteiger partial charge is 0.364 e. The van der Waals surface area contributed by atoms with Crippen molar-refractivity contribution < 1.29 is 9.53 Å². The van der Waals surface area contributed by atoms with Gasteiger partial charge in [-0.3, -0.25) is 4.79 Å². The lowest BCUT2D eigenvalue weighted by Gasteiger charge is -2.12. The SMILES string of the molecule is Cc1ccc(NC(=O)[C@@H]2CC[C@H](CN)O2)nc1.Cl.Cl. The molecule has 0 aliphatic carbocycles. The van der Waals surface area contributed by atoms with E-state index in [9.17, 15) is 4.79 Å². The second kappa shape index (κ2) is 8.32. The molecule has 2 atom stereocenters. The maximum absolute atomic E-state index is 11.8. The van der Waals surface area contributed by atoms with E-state index in [4.69, 9.17) is 10.5 Å². The van der Waals surface area contributed by atoms with E-state index in [0.717, 1.165) is 18.4 Å². The number of rotatable bonds is 3. The van der Waals surface area contributed by atoms with Crippen molar-refractivity contribution in [2.45, 2.75) is 32.0 Å². The van der Waals surface area contributed by atoms with Crippen molar-refractivity contribution in [2.24, 2.45) is 5.73 Å². The number of nitrogens with one attached hydrogen (secondary N) is 1. The van der Waals surface area contributed by atoms with Crippen LogP contribution in [-0.2, 0) is 9.53 Å². The number of hydrogen-bond acceptors (Lipinski definition) is 4. The number of ether oxygens (including phenoxy) is 1. The Balaban J connectivity index is 0.00000162. The molecule has 2 rings (SSSR count). The van der Waals surface area contributed by atoms with Crippen LogP contribution in [0, 0.1) is 6.92 Å². The summed E-state index contributed by atoms with van der Waals surface area (Å²) in [5.74, 6) is 0.415. The summed E-state index contributed by atoms with van der Waals surface area (Å²) in [6.07, 6.45) is 2.90. The Kier molecular flexibility index (Phi) is 7.94. The van der Waals surface area contributed by atoms with Crippen molar-refractivity contribution in [2.75, 3.05) is 11.9 Å². The van der Waals surface area contributed by atoms with Crippen LogP contribution in [-0.4, -0.2) is 29.6 Å². The first-order chi connectivity index (χ1) is 8.19. The maximum Gasteiger partial charge on any atom is 0.254 e. The first-order valence-electron chi connectivity index (χ1n) is 5.78. The molecule has 0 aromatic carbocycles. The van der Waals surface area contributed by atoms with Gasteiger partial charge in [0.15, 0.2) is 0 Å². The van der Waals surface area contributed by atoms with Gasteiger partial charge in [0, 0.05) is 12.7 Å². The second-order valence-corrected chi connectivity index (χ2v) is 4.27. The highest BCUT2D eigenvalue weighted by molar-refractivity contribution is 5.93. The van der Waals surface area contributed by atoms with E-state index in [0.29, 0.717) is 12.4 Å². The first kappa shape index (κ1) is 18.1. The Labute approximate surface area is 125 Å². The van der Waals surface area contributed by atoms with Crippen LogP contribution in [0.1, 0.15) is 18.4 Å². The Bertz CT molecular complexity index is 400. The van der Waals surface area contributed by atoms with Crippen LogP contribution in [0.5, 0.6) is 0 Å². The minimum Gasteiger partial charge on any atom is -0.364 e. The molecular weight excluding hydrogens is 289 g/mol. The smallest absolute Gasteiger partial charge is 0.254 e. The molecule has 0 saturated carbocycles. The van der Waals surface area contributed by atoms with Crippen molar-refractivity contribution in [3.8, 4) is 0 Å². The fourth-order valence-electron chi connectivity index (χ4n) is 1.82. The van der Waals surface area contributed by atoms with Gasteiger partial charge in [-0.1, -0.05) is 6.07 Å². The monoisotopic (exact) mass is 307 g/mol. The summed E-state index contributed by atoms with van der Waals surface area (Å²) in [4.78, 5) is 16.0. The van der Waals surface area contributed by atoms with Gasteiger partial charge in [0.1, 0.15) is 11.9 Å². The summed E-state index contributed by atoms with van der Waals surface area (Å²) < 4.78 is 5.50. The molecule has 1 fully saturated rings. The van der Waals surface area contributed by atoms with Crippen LogP contribution < -0.4 is 11.1 Å². The number of amides is 1. The summed E-state index contributed by atoms with van der Waals surface area (Å²) >= 11 is 0. The minimum absolute atomic E-state index is 0. The molecule has 5 nitrogen and oxygen atoms in total. The van der Waals surface area contributed by atoms with Gasteiger partial charge >= 0.3 is 0 Å². The minimum atomic E-state index is -0.397. The Hall–Kier alpha value is -0.880. The van der Waals surface area contributed by atoms with Crippen molar-refractivity contribution in [3.63, 3.8) is 0 Å². The van der Waals surface area contributed by atoms with Gasteiger partial charge in [0.2, 0.25) is 0 Å². The fourth-order valence-corrected chi connectivity index (χ4v) is 1.82. The quantitative estimate of drug-likeness (QED) is 0.890. The van der Waals surface area contributed by atoms with E-state index >= 15 is 0 Å². The second-order valence-electron chi connectivity index (χ2n) is 4.27. The van der Waals surface area contributed by atoms with Gasteiger partial charge in [-0.2, -0.15) is 0 Å². The molecule has 1 aliphatic heterocycles. The zero-order valence-electron chi connectivity index (χ0n) is 10.7. The van der Waals surface area contributed by atoms with Gasteiger partial charge in [-0.25, -0.2) is 4.98 Å². The molecule has 19 heavy (non-hydrogen) atoms. The highest BCUT2D eigenvalue weighted by Crippen LogP contribution is 2.20. The van der Waals surface area contributed by atoms with E-state index in [-0.39, 0.29) is 36.8 Å². The molecule has 3 N–H and O–H groups in total. The van der Waals surface area contributed by atoms with E-state index in [1.54, 1.807) is 12.3 Å². The van der Waals surface area contributed by atoms with Gasteiger partial charge in [0.25, 0.3) is 5.91 Å². The standard InChI is InChI=1S/C12H17N3O2.2ClH/c1-8-2-5-11(14-7-8)15-12(16)10-4-3-9(6-13)17-10;;/h2,5,7,9-10H,3-4,6,13H2,1H3,(H,14,15,16);2*1H/t9-,10+;;/m1../s1. The molecule has 0 spiro atoms. The van der Waals surface area contributed by atoms with Gasteiger partial charge in [-0.05, 0) is 31.4 Å². The molecular formula is C12H19Cl2N3O2. The molecule has 1 aliphatic rings. The number of aromatic nitrogens is 1. The third-order valence-electron chi connectivity index (χ3n) is 2.83. The lowest BCUT2D eigenvalue weighted by molar-refractivity contribution is -0.126. The molecule has 0 radical (unpaired) electrons. The Morgan fingerprint density at radius 2 is 2.21 bits per heavy atom. The molecule has 108 valence electrons. The number of pyridine rings is 1. The predicted octanol–water partition coefficient (Wildman–Crippen LogP) is 1.68. The number of halogens is 2. The summed E-state index contributed by atoms with van der Waals surface area (Å²) in [6, 6.07) is 3.68. The van der Waals surface area contributed by atoms with E-state index in [2.05, 4.69) is 10.3 Å². The zero-order chi connectivity index (χ0) is 12.3. The highest BCUT2D eigenvalue weighted by Gasteiger charge is 2.29. The fraction of sp³-hybridized carbons (Fsp3) is 0.500. The summed E-state index contributed by atoms with van der Waals surface area (Å²) in [5.41, 5.74) is 6.55. The number of anilines is 1. The van der Waals surface area contributed by atoms with Crippen molar-refractivity contribution in [1.82, 2.24) is 4.98 Å². The number of carbonyl (C=O) groups is 1. The molecule has 1 saturated heterocycles. The molecule has 1 aromatic rings. The lowest BCUT2D eigenvalue weighted by atomic mass is 10.2. The average Bonchev–Trinajstić information content (AvgIpc) is 2.81. The summed E-state index contributed by atoms with van der Waals surface area (Å²) in [5, 5.41) is 2.74. The van der Waals surface area contributed by atoms with E-state index in [1.807, 2.05) is 13.0 Å². The lowest BCUT2D eigenvalue weighted by Crippen LogP contribution is -2.30. The van der Waals surface area contributed by atoms with Gasteiger partial charge in [-0.15, -0.1) is 24.8 Å². The van der Waals surface area contributed by atoms with Crippen molar-refractivity contribution in [3.05, 3.63) is 23.9 Å². The van der Waals surface area contributed by atoms with Gasteiger partial charge < -0.3 is 15.8 Å². The van der Waals surface area contributed by atoms with Crippen LogP contribution >= 0.6 is 24.8 Å². The van der Waals surface area contributed by atoms with E-state index < -0.39 is 6.10 Å². The zero-order valence-corrected chi connectivity index (χ0v) is 12.3. The molecule has 0 bridgehead atoms. The Morgan fingerprint density at radius 3 is 2.74 bits per heavy atom. The third kappa shape index (κ3) is 4.95. The van der Waals surface area contributed by atoms with Crippen LogP contribution in [0.2, 0.25) is 0 Å². The third-order valence-corrected chi connectivity index (χ3v) is 2.83. The number of aryl methyl sites for hydroxylation is 1. The van der Waals surface area contributed by atoms with Gasteiger partial charge in [0.05, 0.1) is 6.10 Å². The molecule has 7 heteroatoms. The number of nitrogens with two attached hydrogens (primary N) is 1. The number of carbonyl (C=O) groups excluding carboxylic acids is 1. The van der Waals surface area contributed by atoms with Crippen LogP contribution in [0.15, 0.2) is 18.3 Å². The van der Waals surface area contributed by atoms with E-state index in [1.165, 1.54) is 0 Å². The first-order valence-corrected chi connectivity index (χ1v) is 5.78. The topological polar surface area (TPSA) is 77.2 Å². The summed E-state index contributed by atoms with van der Waals surface area (Å²) in [7, 11) is 0. The number of nitrogens with zero attached hydrogens (tertiary/aromatic N) is 1. The van der Waals surface area contributed by atoms with Crippen molar-refractivity contribution in [1.29, 1.82) is 0 Å². The molecule has 1 aromatic heterocycles. The normalized spacial score (nSPS) is 21.2.